The number of nitrogens with zero attached hydrogens (tertiary/aromatic N) is 2. The zero-order chi connectivity index (χ0) is 20.0. The highest BCUT2D eigenvalue weighted by molar-refractivity contribution is 6.01. The van der Waals surface area contributed by atoms with Crippen molar-refractivity contribution in [2.24, 2.45) is 0 Å². The van der Waals surface area contributed by atoms with Gasteiger partial charge in [-0.3, -0.25) is 4.79 Å². The maximum Gasteiger partial charge on any atom is 0.251 e. The van der Waals surface area contributed by atoms with E-state index in [9.17, 15) is 13.6 Å². The number of halogens is 2. The zero-order valence-corrected chi connectivity index (χ0v) is 15.6. The minimum atomic E-state index is -0.676. The number of carbonyl (C=O) groups is 1. The van der Waals surface area contributed by atoms with Crippen LogP contribution < -0.4 is 5.32 Å². The predicted molar refractivity (Wildman–Crippen MR) is 103 cm³/mol. The van der Waals surface area contributed by atoms with Crippen LogP contribution in [0.2, 0.25) is 0 Å². The Morgan fingerprint density at radius 1 is 1.03 bits per heavy atom. The number of fused-ring (bicyclic) bond motifs is 1. The van der Waals surface area contributed by atoms with Gasteiger partial charge in [0.05, 0.1) is 5.69 Å². The van der Waals surface area contributed by atoms with E-state index in [2.05, 4.69) is 10.4 Å². The summed E-state index contributed by atoms with van der Waals surface area (Å²) < 4.78 is 35.9. The average Bonchev–Trinajstić information content (AvgIpc) is 3.35. The largest absolute Gasteiger partial charge is 0.356 e. The van der Waals surface area contributed by atoms with E-state index in [1.807, 2.05) is 16.8 Å². The van der Waals surface area contributed by atoms with E-state index in [0.29, 0.717) is 24.3 Å². The molecule has 0 bridgehead atoms. The topological polar surface area (TPSA) is 56.2 Å². The lowest BCUT2D eigenvalue weighted by Gasteiger charge is -2.25. The fourth-order valence-corrected chi connectivity index (χ4v) is 4.09. The van der Waals surface area contributed by atoms with Gasteiger partial charge in [0.15, 0.2) is 6.23 Å². The first-order valence-corrected chi connectivity index (χ1v) is 9.68. The van der Waals surface area contributed by atoms with Crippen LogP contribution in [0.25, 0.3) is 22.4 Å². The molecule has 2 aliphatic rings. The lowest BCUT2D eigenvalue weighted by molar-refractivity contribution is -0.0383. The second-order valence-electron chi connectivity index (χ2n) is 7.34. The first-order valence-electron chi connectivity index (χ1n) is 9.68. The van der Waals surface area contributed by atoms with Crippen LogP contribution in [-0.2, 0) is 11.3 Å². The predicted octanol–water partition coefficient (Wildman–Crippen LogP) is 4.44. The van der Waals surface area contributed by atoms with Gasteiger partial charge in [0.2, 0.25) is 0 Å². The highest BCUT2D eigenvalue weighted by atomic mass is 19.1. The summed E-state index contributed by atoms with van der Waals surface area (Å²) in [5, 5.41) is 7.25. The molecule has 3 heterocycles. The number of hydrogen-bond donors (Lipinski definition) is 1. The standard InChI is InChI=1S/C22H19F2N3O2/c23-14-4-5-15(19(24)10-14)17-11-16-13(12-25-22(16)28)9-18(17)20-6-7-26-27(20)21-3-1-2-8-29-21/h4-7,9-11,21H,1-3,8,12H2,(H,25,28). The molecule has 1 unspecified atom stereocenters. The van der Waals surface area contributed by atoms with Gasteiger partial charge < -0.3 is 10.1 Å². The summed E-state index contributed by atoms with van der Waals surface area (Å²) in [7, 11) is 0. The molecular weight excluding hydrogens is 376 g/mol. The zero-order valence-electron chi connectivity index (χ0n) is 15.6. The van der Waals surface area contributed by atoms with Crippen LogP contribution in [0.1, 0.15) is 41.4 Å². The van der Waals surface area contributed by atoms with Crippen molar-refractivity contribution in [3.8, 4) is 22.4 Å². The Morgan fingerprint density at radius 2 is 1.93 bits per heavy atom. The molecule has 5 nitrogen and oxygen atoms in total. The molecule has 2 aliphatic heterocycles. The third-order valence-electron chi connectivity index (χ3n) is 5.52. The molecule has 0 saturated carbocycles. The molecule has 1 atom stereocenters. The third kappa shape index (κ3) is 3.11. The molecule has 2 aromatic carbocycles. The molecule has 29 heavy (non-hydrogen) atoms. The molecule has 1 saturated heterocycles. The van der Waals surface area contributed by atoms with E-state index in [4.69, 9.17) is 4.74 Å². The Bertz CT molecular complexity index is 1100. The van der Waals surface area contributed by atoms with Crippen molar-refractivity contribution < 1.29 is 18.3 Å². The maximum atomic E-state index is 14.7. The van der Waals surface area contributed by atoms with Crippen molar-refractivity contribution in [1.82, 2.24) is 15.1 Å². The van der Waals surface area contributed by atoms with Crippen LogP contribution in [0.15, 0.2) is 42.6 Å². The van der Waals surface area contributed by atoms with Crippen LogP contribution in [0.3, 0.4) is 0 Å². The molecule has 0 radical (unpaired) electrons. The number of amides is 1. The monoisotopic (exact) mass is 395 g/mol. The van der Waals surface area contributed by atoms with Gasteiger partial charge >= 0.3 is 0 Å². The van der Waals surface area contributed by atoms with Gasteiger partial charge in [-0.1, -0.05) is 0 Å². The van der Waals surface area contributed by atoms with Crippen LogP contribution >= 0.6 is 0 Å². The smallest absolute Gasteiger partial charge is 0.251 e. The SMILES string of the molecule is O=C1NCc2cc(-c3ccnn3C3CCCCO3)c(-c3ccc(F)cc3F)cc21. The van der Waals surface area contributed by atoms with E-state index in [0.717, 1.165) is 42.1 Å². The number of rotatable bonds is 3. The van der Waals surface area contributed by atoms with E-state index in [1.54, 1.807) is 12.3 Å². The van der Waals surface area contributed by atoms with Crippen molar-refractivity contribution in [1.29, 1.82) is 0 Å². The Balaban J connectivity index is 1.71. The first kappa shape index (κ1) is 18.0. The lowest BCUT2D eigenvalue weighted by Crippen LogP contribution is -2.20. The van der Waals surface area contributed by atoms with Crippen LogP contribution in [0.4, 0.5) is 8.78 Å². The fourth-order valence-electron chi connectivity index (χ4n) is 4.09. The number of nitrogens with one attached hydrogen (secondary N) is 1. The van der Waals surface area contributed by atoms with Gasteiger partial charge in [-0.15, -0.1) is 0 Å². The van der Waals surface area contributed by atoms with Gasteiger partial charge in [-0.05, 0) is 60.7 Å². The molecule has 3 aromatic rings. The molecule has 1 aromatic heterocycles. The number of benzene rings is 2. The molecule has 1 amide bonds. The second-order valence-corrected chi connectivity index (χ2v) is 7.34. The van der Waals surface area contributed by atoms with Crippen molar-refractivity contribution >= 4 is 5.91 Å². The first-order chi connectivity index (χ1) is 14.1. The van der Waals surface area contributed by atoms with Gasteiger partial charge in [0.25, 0.3) is 5.91 Å². The highest BCUT2D eigenvalue weighted by Gasteiger charge is 2.26. The number of ether oxygens (including phenoxy) is 1. The molecule has 1 N–H and O–H groups in total. The summed E-state index contributed by atoms with van der Waals surface area (Å²) in [6.45, 7) is 1.09. The Hall–Kier alpha value is -3.06. The van der Waals surface area contributed by atoms with Crippen LogP contribution in [0, 0.1) is 11.6 Å². The van der Waals surface area contributed by atoms with Gasteiger partial charge in [-0.2, -0.15) is 5.10 Å². The summed E-state index contributed by atoms with van der Waals surface area (Å²) in [6.07, 6.45) is 4.42. The summed E-state index contributed by atoms with van der Waals surface area (Å²) in [6, 6.07) is 8.91. The Kier molecular flexibility index (Phi) is 4.39. The van der Waals surface area contributed by atoms with Crippen molar-refractivity contribution in [3.05, 3.63) is 65.4 Å². The molecule has 0 aliphatic carbocycles. The summed E-state index contributed by atoms with van der Waals surface area (Å²) in [4.78, 5) is 12.2. The minimum Gasteiger partial charge on any atom is -0.356 e. The highest BCUT2D eigenvalue weighted by Crippen LogP contribution is 2.38. The number of carbonyl (C=O) groups excluding carboxylic acids is 1. The molecule has 0 spiro atoms. The third-order valence-corrected chi connectivity index (χ3v) is 5.52. The lowest BCUT2D eigenvalue weighted by atomic mass is 9.92. The number of hydrogen-bond acceptors (Lipinski definition) is 3. The average molecular weight is 395 g/mol. The molecule has 7 heteroatoms. The summed E-state index contributed by atoms with van der Waals surface area (Å²) in [5.74, 6) is -1.52. The van der Waals surface area contributed by atoms with Crippen molar-refractivity contribution in [3.63, 3.8) is 0 Å². The normalized spacial score (nSPS) is 18.6. The van der Waals surface area contributed by atoms with Crippen molar-refractivity contribution in [2.75, 3.05) is 6.61 Å². The van der Waals surface area contributed by atoms with Crippen LogP contribution in [0.5, 0.6) is 0 Å². The Labute approximate surface area is 166 Å². The molecule has 148 valence electrons. The number of aromatic nitrogens is 2. The molecule has 1 fully saturated rings. The minimum absolute atomic E-state index is 0.187. The van der Waals surface area contributed by atoms with E-state index < -0.39 is 11.6 Å². The van der Waals surface area contributed by atoms with Gasteiger partial charge in [0.1, 0.15) is 11.6 Å². The van der Waals surface area contributed by atoms with Gasteiger partial charge in [0, 0.05) is 42.1 Å². The summed E-state index contributed by atoms with van der Waals surface area (Å²) >= 11 is 0. The van der Waals surface area contributed by atoms with E-state index in [1.165, 1.54) is 12.1 Å². The Morgan fingerprint density at radius 3 is 2.72 bits per heavy atom. The van der Waals surface area contributed by atoms with E-state index >= 15 is 0 Å². The summed E-state index contributed by atoms with van der Waals surface area (Å²) in [5.41, 5.74) is 3.62. The van der Waals surface area contributed by atoms with Crippen molar-refractivity contribution in [2.45, 2.75) is 32.0 Å². The van der Waals surface area contributed by atoms with Gasteiger partial charge in [-0.25, -0.2) is 13.5 Å². The molecule has 5 rings (SSSR count). The quantitative estimate of drug-likeness (QED) is 0.713. The maximum absolute atomic E-state index is 14.7. The second kappa shape index (κ2) is 7.08. The fraction of sp³-hybridized carbons (Fsp3) is 0.273. The molecular formula is C22H19F2N3O2. The van der Waals surface area contributed by atoms with Crippen LogP contribution in [-0.4, -0.2) is 22.3 Å². The van der Waals surface area contributed by atoms with E-state index in [-0.39, 0.29) is 17.7 Å².